The Labute approximate surface area is 149 Å². The zero-order chi connectivity index (χ0) is 17.7. The third kappa shape index (κ3) is 5.38. The number of hydrogen-bond acceptors (Lipinski definition) is 2. The smallest absolute Gasteiger partial charge is 0.312 e. The molecule has 6 heteroatoms. The Balaban J connectivity index is 2.11. The molecule has 0 fully saturated rings. The summed E-state index contributed by atoms with van der Waals surface area (Å²) in [5, 5.41) is 5.49. The van der Waals surface area contributed by atoms with Crippen LogP contribution in [0, 0.1) is 13.8 Å². The van der Waals surface area contributed by atoms with E-state index in [2.05, 4.69) is 26.6 Å². The molecule has 0 bridgehead atoms. The fourth-order valence-electron chi connectivity index (χ4n) is 2.56. The summed E-state index contributed by atoms with van der Waals surface area (Å²) >= 11 is 3.36. The average molecular weight is 390 g/mol. The van der Waals surface area contributed by atoms with E-state index in [4.69, 9.17) is 5.73 Å². The number of aryl methyl sites for hydroxylation is 2. The Hall–Kier alpha value is -2.34. The molecule has 5 nitrogen and oxygen atoms in total. The first-order valence-corrected chi connectivity index (χ1v) is 8.32. The van der Waals surface area contributed by atoms with Crippen LogP contribution in [0.4, 0.5) is 10.5 Å². The van der Waals surface area contributed by atoms with Crippen molar-refractivity contribution in [2.24, 2.45) is 5.73 Å². The Bertz CT molecular complexity index is 724. The number of amides is 3. The zero-order valence-electron chi connectivity index (χ0n) is 13.6. The first-order chi connectivity index (χ1) is 11.3. The second-order valence-corrected chi connectivity index (χ2v) is 6.66. The number of hydrogen-bond donors (Lipinski definition) is 3. The van der Waals surface area contributed by atoms with Crippen molar-refractivity contribution in [3.05, 3.63) is 63.6 Å². The van der Waals surface area contributed by atoms with Gasteiger partial charge in [-0.15, -0.1) is 0 Å². The van der Waals surface area contributed by atoms with Gasteiger partial charge in [-0.3, -0.25) is 4.79 Å². The molecule has 0 aromatic heterocycles. The quantitative estimate of drug-likeness (QED) is 0.726. The summed E-state index contributed by atoms with van der Waals surface area (Å²) in [6, 6.07) is 12.1. The molecule has 1 atom stereocenters. The number of carbonyl (C=O) groups is 2. The van der Waals surface area contributed by atoms with Gasteiger partial charge < -0.3 is 16.4 Å². The molecule has 2 aromatic rings. The van der Waals surface area contributed by atoms with E-state index in [9.17, 15) is 9.59 Å². The minimum absolute atomic E-state index is 0.0948. The lowest BCUT2D eigenvalue weighted by Crippen LogP contribution is -2.35. The van der Waals surface area contributed by atoms with Crippen molar-refractivity contribution in [1.82, 2.24) is 5.32 Å². The van der Waals surface area contributed by atoms with Gasteiger partial charge in [-0.05, 0) is 54.8 Å². The third-order valence-electron chi connectivity index (χ3n) is 3.48. The normalized spacial score (nSPS) is 11.6. The van der Waals surface area contributed by atoms with E-state index in [1.165, 1.54) is 0 Å². The highest BCUT2D eigenvalue weighted by Crippen LogP contribution is 2.21. The summed E-state index contributed by atoms with van der Waals surface area (Å²) in [6.45, 7) is 3.95. The number of anilines is 1. The second kappa shape index (κ2) is 7.97. The summed E-state index contributed by atoms with van der Waals surface area (Å²) in [6.07, 6.45) is 0.0948. The van der Waals surface area contributed by atoms with E-state index < -0.39 is 12.1 Å². The monoisotopic (exact) mass is 389 g/mol. The second-order valence-electron chi connectivity index (χ2n) is 5.74. The number of benzene rings is 2. The Morgan fingerprint density at radius 3 is 2.21 bits per heavy atom. The lowest BCUT2D eigenvalue weighted by atomic mass is 10.0. The molecule has 0 heterocycles. The van der Waals surface area contributed by atoms with Gasteiger partial charge in [0, 0.05) is 10.2 Å². The van der Waals surface area contributed by atoms with E-state index in [0.29, 0.717) is 0 Å². The Morgan fingerprint density at radius 2 is 1.67 bits per heavy atom. The van der Waals surface area contributed by atoms with Gasteiger partial charge >= 0.3 is 6.03 Å². The molecule has 4 N–H and O–H groups in total. The molecule has 2 rings (SSSR count). The first kappa shape index (κ1) is 18.0. The highest BCUT2D eigenvalue weighted by Gasteiger charge is 2.17. The van der Waals surface area contributed by atoms with E-state index in [-0.39, 0.29) is 12.3 Å². The SMILES string of the molecule is Cc1cc(C)cc(NC(=O)C[C@H](NC(N)=O)c2ccc(Br)cc2)c1. The van der Waals surface area contributed by atoms with Crippen molar-refractivity contribution in [2.45, 2.75) is 26.3 Å². The summed E-state index contributed by atoms with van der Waals surface area (Å²) in [5.41, 5.74) is 8.94. The predicted molar refractivity (Wildman–Crippen MR) is 98.8 cm³/mol. The molecule has 0 aliphatic heterocycles. The lowest BCUT2D eigenvalue weighted by molar-refractivity contribution is -0.116. The van der Waals surface area contributed by atoms with Crippen molar-refractivity contribution in [1.29, 1.82) is 0 Å². The summed E-state index contributed by atoms with van der Waals surface area (Å²) < 4.78 is 0.920. The van der Waals surface area contributed by atoms with Crippen LogP contribution in [-0.2, 0) is 4.79 Å². The highest BCUT2D eigenvalue weighted by molar-refractivity contribution is 9.10. The first-order valence-electron chi connectivity index (χ1n) is 7.53. The van der Waals surface area contributed by atoms with Crippen LogP contribution in [0.1, 0.15) is 29.2 Å². The van der Waals surface area contributed by atoms with Gasteiger partial charge in [-0.25, -0.2) is 4.79 Å². The minimum atomic E-state index is -0.665. The van der Waals surface area contributed by atoms with Crippen molar-refractivity contribution in [2.75, 3.05) is 5.32 Å². The van der Waals surface area contributed by atoms with Gasteiger partial charge in [0.2, 0.25) is 5.91 Å². The molecule has 0 spiro atoms. The number of urea groups is 1. The summed E-state index contributed by atoms with van der Waals surface area (Å²) in [7, 11) is 0. The Morgan fingerprint density at radius 1 is 1.08 bits per heavy atom. The standard InChI is InChI=1S/C18H20BrN3O2/c1-11-7-12(2)9-15(8-11)21-17(23)10-16(22-18(20)24)13-3-5-14(19)6-4-13/h3-9,16H,10H2,1-2H3,(H,21,23)(H3,20,22,24)/t16-/m0/s1. The number of rotatable bonds is 5. The molecular weight excluding hydrogens is 370 g/mol. The molecule has 0 aliphatic carbocycles. The third-order valence-corrected chi connectivity index (χ3v) is 4.01. The van der Waals surface area contributed by atoms with Crippen LogP contribution >= 0.6 is 15.9 Å². The molecule has 24 heavy (non-hydrogen) atoms. The van der Waals surface area contributed by atoms with Crippen LogP contribution < -0.4 is 16.4 Å². The van der Waals surface area contributed by atoms with E-state index in [0.717, 1.165) is 26.9 Å². The maximum atomic E-state index is 12.4. The predicted octanol–water partition coefficient (Wildman–Crippen LogP) is 3.80. The number of primary amides is 1. The maximum absolute atomic E-state index is 12.4. The molecule has 0 saturated heterocycles. The zero-order valence-corrected chi connectivity index (χ0v) is 15.2. The van der Waals surface area contributed by atoms with Gasteiger partial charge in [-0.2, -0.15) is 0 Å². The molecule has 0 unspecified atom stereocenters. The maximum Gasteiger partial charge on any atom is 0.312 e. The van der Waals surface area contributed by atoms with Crippen molar-refractivity contribution >= 4 is 33.6 Å². The van der Waals surface area contributed by atoms with Crippen LogP contribution in [0.5, 0.6) is 0 Å². The average Bonchev–Trinajstić information content (AvgIpc) is 2.45. The molecule has 0 saturated carbocycles. The summed E-state index contributed by atoms with van der Waals surface area (Å²) in [5.74, 6) is -0.193. The van der Waals surface area contributed by atoms with Gasteiger partial charge in [0.05, 0.1) is 12.5 Å². The van der Waals surface area contributed by atoms with Crippen LogP contribution in [0.2, 0.25) is 0 Å². The molecule has 3 amide bonds. The minimum Gasteiger partial charge on any atom is -0.352 e. The Kier molecular flexibility index (Phi) is 5.98. The molecule has 126 valence electrons. The number of carbonyl (C=O) groups excluding carboxylic acids is 2. The molecule has 2 aromatic carbocycles. The van der Waals surface area contributed by atoms with Gasteiger partial charge in [0.1, 0.15) is 0 Å². The van der Waals surface area contributed by atoms with Crippen molar-refractivity contribution in [3.8, 4) is 0 Å². The fraction of sp³-hybridized carbons (Fsp3) is 0.222. The van der Waals surface area contributed by atoms with Gasteiger partial charge in [0.15, 0.2) is 0 Å². The largest absolute Gasteiger partial charge is 0.352 e. The number of nitrogens with two attached hydrogens (primary N) is 1. The van der Waals surface area contributed by atoms with Crippen molar-refractivity contribution in [3.63, 3.8) is 0 Å². The van der Waals surface area contributed by atoms with E-state index in [1.807, 2.05) is 56.3 Å². The molecule has 0 radical (unpaired) electrons. The fourth-order valence-corrected chi connectivity index (χ4v) is 2.83. The van der Waals surface area contributed by atoms with Crippen LogP contribution in [0.15, 0.2) is 46.9 Å². The lowest BCUT2D eigenvalue weighted by Gasteiger charge is -2.18. The van der Waals surface area contributed by atoms with Crippen LogP contribution in [-0.4, -0.2) is 11.9 Å². The number of halogens is 1. The van der Waals surface area contributed by atoms with Crippen LogP contribution in [0.25, 0.3) is 0 Å². The van der Waals surface area contributed by atoms with Crippen LogP contribution in [0.3, 0.4) is 0 Å². The van der Waals surface area contributed by atoms with Gasteiger partial charge in [-0.1, -0.05) is 34.1 Å². The highest BCUT2D eigenvalue weighted by atomic mass is 79.9. The topological polar surface area (TPSA) is 84.2 Å². The van der Waals surface area contributed by atoms with E-state index >= 15 is 0 Å². The van der Waals surface area contributed by atoms with Gasteiger partial charge in [0.25, 0.3) is 0 Å². The summed E-state index contributed by atoms with van der Waals surface area (Å²) in [4.78, 5) is 23.6. The molecular formula is C18H20BrN3O2. The number of nitrogens with one attached hydrogen (secondary N) is 2. The molecule has 0 aliphatic rings. The van der Waals surface area contributed by atoms with E-state index in [1.54, 1.807) is 0 Å². The van der Waals surface area contributed by atoms with Crippen molar-refractivity contribution < 1.29 is 9.59 Å².